The van der Waals surface area contributed by atoms with E-state index in [1.54, 1.807) is 0 Å². The first-order chi connectivity index (χ1) is 18.8. The molecule has 0 fully saturated rings. The van der Waals surface area contributed by atoms with E-state index in [2.05, 4.69) is 121 Å². The first-order valence-electron chi connectivity index (χ1n) is 12.9. The fraction of sp³-hybridized carbons (Fsp3) is 0. The van der Waals surface area contributed by atoms with E-state index in [0.29, 0.717) is 0 Å². The maximum Gasteiger partial charge on any atom is 0.143 e. The van der Waals surface area contributed by atoms with E-state index >= 15 is 0 Å². The zero-order valence-corrected chi connectivity index (χ0v) is 21.2. The summed E-state index contributed by atoms with van der Waals surface area (Å²) in [6.07, 6.45) is 0. The largest absolute Gasteiger partial charge is 0.455 e. The molecule has 0 radical (unpaired) electrons. The molecule has 0 spiro atoms. The van der Waals surface area contributed by atoms with Gasteiger partial charge in [0.05, 0.1) is 0 Å². The van der Waals surface area contributed by atoms with Gasteiger partial charge in [-0.15, -0.1) is 11.3 Å². The predicted molar refractivity (Wildman–Crippen MR) is 165 cm³/mol. The van der Waals surface area contributed by atoms with Crippen molar-refractivity contribution in [1.82, 2.24) is 0 Å². The summed E-state index contributed by atoms with van der Waals surface area (Å²) < 4.78 is 9.41. The maximum atomic E-state index is 6.76. The van der Waals surface area contributed by atoms with E-state index in [0.717, 1.165) is 16.6 Å². The number of hydrogen-bond acceptors (Lipinski definition) is 2. The summed E-state index contributed by atoms with van der Waals surface area (Å²) in [7, 11) is 0. The van der Waals surface area contributed by atoms with Crippen molar-refractivity contribution in [3.05, 3.63) is 121 Å². The summed E-state index contributed by atoms with van der Waals surface area (Å²) in [5.41, 5.74) is 4.35. The van der Waals surface area contributed by atoms with Crippen LogP contribution in [0.15, 0.2) is 126 Å². The summed E-state index contributed by atoms with van der Waals surface area (Å²) in [4.78, 5) is 0. The van der Waals surface area contributed by atoms with Crippen LogP contribution in [0.3, 0.4) is 0 Å². The van der Waals surface area contributed by atoms with Crippen LogP contribution in [0.25, 0.3) is 85.6 Å². The SMILES string of the molecule is c1ccc2c(c1)sc1c(-c3ccc4c(c3)oc3c4ccc4c5ccccc5c5ccccc5c43)cccc12. The van der Waals surface area contributed by atoms with Crippen molar-refractivity contribution in [2.75, 3.05) is 0 Å². The smallest absolute Gasteiger partial charge is 0.143 e. The Morgan fingerprint density at radius 2 is 1.05 bits per heavy atom. The molecule has 9 aromatic rings. The topological polar surface area (TPSA) is 13.1 Å². The van der Waals surface area contributed by atoms with Crippen LogP contribution >= 0.6 is 11.3 Å². The van der Waals surface area contributed by atoms with Crippen LogP contribution in [-0.4, -0.2) is 0 Å². The molecule has 176 valence electrons. The molecular formula is C36H20OS. The lowest BCUT2D eigenvalue weighted by atomic mass is 9.93. The highest BCUT2D eigenvalue weighted by atomic mass is 32.1. The third kappa shape index (κ3) is 2.65. The third-order valence-corrected chi connectivity index (χ3v) is 9.28. The molecule has 0 unspecified atom stereocenters. The molecule has 0 atom stereocenters. The Labute approximate surface area is 222 Å². The van der Waals surface area contributed by atoms with Crippen LogP contribution in [0.4, 0.5) is 0 Å². The molecule has 0 aliphatic carbocycles. The first kappa shape index (κ1) is 20.4. The highest BCUT2D eigenvalue weighted by Gasteiger charge is 2.17. The molecule has 2 heterocycles. The molecular weight excluding hydrogens is 480 g/mol. The van der Waals surface area contributed by atoms with Gasteiger partial charge in [-0.05, 0) is 62.3 Å². The Morgan fingerprint density at radius 3 is 1.87 bits per heavy atom. The van der Waals surface area contributed by atoms with Gasteiger partial charge < -0.3 is 4.42 Å². The lowest BCUT2D eigenvalue weighted by Gasteiger charge is -2.10. The molecule has 0 bridgehead atoms. The lowest BCUT2D eigenvalue weighted by molar-refractivity contribution is 0.673. The van der Waals surface area contributed by atoms with Crippen LogP contribution in [0.1, 0.15) is 0 Å². The summed E-state index contributed by atoms with van der Waals surface area (Å²) in [5.74, 6) is 0. The van der Waals surface area contributed by atoms with E-state index in [4.69, 9.17) is 4.42 Å². The van der Waals surface area contributed by atoms with Crippen molar-refractivity contribution >= 4 is 85.8 Å². The minimum absolute atomic E-state index is 0.931. The summed E-state index contributed by atoms with van der Waals surface area (Å²) in [6.45, 7) is 0. The number of hydrogen-bond donors (Lipinski definition) is 0. The van der Waals surface area contributed by atoms with Crippen LogP contribution in [0, 0.1) is 0 Å². The molecule has 2 heteroatoms. The molecule has 0 saturated carbocycles. The average Bonchev–Trinajstić information content (AvgIpc) is 3.55. The van der Waals surface area contributed by atoms with E-state index in [1.807, 2.05) is 11.3 Å². The van der Waals surface area contributed by atoms with Gasteiger partial charge in [-0.1, -0.05) is 97.1 Å². The van der Waals surface area contributed by atoms with E-state index < -0.39 is 0 Å². The zero-order valence-electron chi connectivity index (χ0n) is 20.4. The van der Waals surface area contributed by atoms with Crippen molar-refractivity contribution in [3.8, 4) is 11.1 Å². The molecule has 0 saturated heterocycles. The molecule has 1 nitrogen and oxygen atoms in total. The number of benzene rings is 7. The third-order valence-electron chi connectivity index (χ3n) is 8.06. The summed E-state index contributed by atoms with van der Waals surface area (Å²) >= 11 is 1.87. The highest BCUT2D eigenvalue weighted by Crippen LogP contribution is 2.44. The van der Waals surface area contributed by atoms with Crippen LogP contribution in [0.5, 0.6) is 0 Å². The Hall–Kier alpha value is -4.66. The van der Waals surface area contributed by atoms with E-state index in [1.165, 1.54) is 69.0 Å². The normalized spacial score (nSPS) is 12.2. The molecule has 0 aliphatic heterocycles. The van der Waals surface area contributed by atoms with Crippen molar-refractivity contribution < 1.29 is 4.42 Å². The minimum atomic E-state index is 0.931. The van der Waals surface area contributed by atoms with Gasteiger partial charge in [-0.2, -0.15) is 0 Å². The summed E-state index contributed by atoms with van der Waals surface area (Å²) in [6, 6.07) is 43.9. The number of thiophene rings is 1. The van der Waals surface area contributed by atoms with Crippen LogP contribution in [-0.2, 0) is 0 Å². The molecule has 0 aliphatic rings. The monoisotopic (exact) mass is 500 g/mol. The number of rotatable bonds is 1. The van der Waals surface area contributed by atoms with E-state index in [-0.39, 0.29) is 0 Å². The maximum absolute atomic E-state index is 6.76. The molecule has 2 aromatic heterocycles. The molecule has 38 heavy (non-hydrogen) atoms. The van der Waals surface area contributed by atoms with Crippen molar-refractivity contribution in [3.63, 3.8) is 0 Å². The zero-order chi connectivity index (χ0) is 24.8. The second-order valence-corrected chi connectivity index (χ2v) is 11.1. The molecule has 0 amide bonds. The molecule has 0 N–H and O–H groups in total. The Morgan fingerprint density at radius 1 is 0.447 bits per heavy atom. The van der Waals surface area contributed by atoms with Gasteiger partial charge in [-0.25, -0.2) is 0 Å². The van der Waals surface area contributed by atoms with Crippen molar-refractivity contribution in [2.45, 2.75) is 0 Å². The van der Waals surface area contributed by atoms with Gasteiger partial charge in [0, 0.05) is 36.3 Å². The fourth-order valence-corrected chi connectivity index (χ4v) is 7.60. The Bertz CT molecular complexity index is 2370. The molecule has 7 aromatic carbocycles. The van der Waals surface area contributed by atoms with E-state index in [9.17, 15) is 0 Å². The lowest BCUT2D eigenvalue weighted by Crippen LogP contribution is -1.83. The van der Waals surface area contributed by atoms with Crippen LogP contribution < -0.4 is 0 Å². The highest BCUT2D eigenvalue weighted by molar-refractivity contribution is 7.26. The van der Waals surface area contributed by atoms with Crippen molar-refractivity contribution in [2.24, 2.45) is 0 Å². The predicted octanol–water partition coefficient (Wildman–Crippen LogP) is 11.1. The average molecular weight is 501 g/mol. The quantitative estimate of drug-likeness (QED) is 0.204. The number of furan rings is 1. The fourth-order valence-electron chi connectivity index (χ4n) is 6.36. The summed E-state index contributed by atoms with van der Waals surface area (Å²) in [5, 5.41) is 12.4. The Balaban J connectivity index is 1.37. The number of fused-ring (bicyclic) bond motifs is 13. The second kappa shape index (κ2) is 7.44. The van der Waals surface area contributed by atoms with Crippen LogP contribution in [0.2, 0.25) is 0 Å². The van der Waals surface area contributed by atoms with Gasteiger partial charge >= 0.3 is 0 Å². The van der Waals surface area contributed by atoms with Gasteiger partial charge in [0.1, 0.15) is 11.2 Å². The Kier molecular flexibility index (Phi) is 3.99. The van der Waals surface area contributed by atoms with Gasteiger partial charge in [0.15, 0.2) is 0 Å². The van der Waals surface area contributed by atoms with Crippen molar-refractivity contribution in [1.29, 1.82) is 0 Å². The minimum Gasteiger partial charge on any atom is -0.455 e. The molecule has 9 rings (SSSR count). The van der Waals surface area contributed by atoms with Gasteiger partial charge in [-0.3, -0.25) is 0 Å². The van der Waals surface area contributed by atoms with Gasteiger partial charge in [0.25, 0.3) is 0 Å². The second-order valence-electron chi connectivity index (χ2n) is 10.0. The standard InChI is InChI=1S/C36H20OS/c1-2-10-25-23(8-1)24-9-3-4-12-28(24)34-29(25)18-19-30-26-17-16-21(20-32(26)37-35(30)34)22-13-7-14-31-27-11-5-6-15-33(27)38-36(22)31/h1-20H. The van der Waals surface area contributed by atoms with Gasteiger partial charge in [0.2, 0.25) is 0 Å². The first-order valence-corrected chi connectivity index (χ1v) is 13.8.